The molecule has 1 N–H and O–H groups in total. The minimum Gasteiger partial charge on any atom is -0.287 e. The topological polar surface area (TPSA) is 132 Å². The van der Waals surface area contributed by atoms with Crippen LogP contribution in [-0.4, -0.2) is 20.3 Å². The molecule has 2 aromatic heterocycles. The number of carbonyl (C=O) groups is 1. The molecule has 34 heavy (non-hydrogen) atoms. The van der Waals surface area contributed by atoms with E-state index in [0.29, 0.717) is 22.4 Å². The molecule has 2 heterocycles. The van der Waals surface area contributed by atoms with Crippen LogP contribution in [0.5, 0.6) is 0 Å². The average Bonchev–Trinajstić information content (AvgIpc) is 2.77. The van der Waals surface area contributed by atoms with Gasteiger partial charge in [-0.3, -0.25) is 19.1 Å². The van der Waals surface area contributed by atoms with E-state index in [4.69, 9.17) is 5.26 Å². The van der Waals surface area contributed by atoms with Crippen LogP contribution in [0, 0.1) is 36.5 Å². The van der Waals surface area contributed by atoms with Gasteiger partial charge in [-0.2, -0.15) is 10.5 Å². The largest absolute Gasteiger partial charge is 0.329 e. The summed E-state index contributed by atoms with van der Waals surface area (Å²) in [6, 6.07) is 12.3. The molecule has 1 aromatic carbocycles. The first kappa shape index (κ1) is 24.1. The van der Waals surface area contributed by atoms with Crippen LogP contribution in [0.2, 0.25) is 0 Å². The van der Waals surface area contributed by atoms with Gasteiger partial charge in [0.1, 0.15) is 17.5 Å². The van der Waals surface area contributed by atoms with Crippen molar-refractivity contribution in [2.45, 2.75) is 40.2 Å². The van der Waals surface area contributed by atoms with Crippen molar-refractivity contribution in [3.05, 3.63) is 102 Å². The standard InChI is InChI=1S/C26H23N5O3/c1-15(2)22-23(24(32)20-9-16(3)8-18(11-20)6-5-7-27)31(26(34)30-25(22)33)14-19-10-17(4)29-21(12-19)13-28/h5-6,8-12,15H,14H2,1-4H3,(H,30,33,34)/b6-5+. The molecule has 0 aliphatic heterocycles. The van der Waals surface area contributed by atoms with Crippen molar-refractivity contribution >= 4 is 11.9 Å². The monoisotopic (exact) mass is 453 g/mol. The van der Waals surface area contributed by atoms with Crippen LogP contribution in [0.3, 0.4) is 0 Å². The smallest absolute Gasteiger partial charge is 0.287 e. The van der Waals surface area contributed by atoms with E-state index in [1.165, 1.54) is 10.6 Å². The minimum atomic E-state index is -0.719. The second-order valence-corrected chi connectivity index (χ2v) is 8.30. The zero-order valence-electron chi connectivity index (χ0n) is 19.3. The molecule has 0 bridgehead atoms. The van der Waals surface area contributed by atoms with Crippen LogP contribution < -0.4 is 11.2 Å². The first-order valence-corrected chi connectivity index (χ1v) is 10.6. The first-order valence-electron chi connectivity index (χ1n) is 10.6. The number of pyridine rings is 1. The number of nitriles is 2. The highest BCUT2D eigenvalue weighted by Gasteiger charge is 2.25. The van der Waals surface area contributed by atoms with Gasteiger partial charge in [-0.1, -0.05) is 19.9 Å². The van der Waals surface area contributed by atoms with Crippen LogP contribution in [-0.2, 0) is 6.54 Å². The zero-order valence-corrected chi connectivity index (χ0v) is 19.3. The molecule has 0 atom stereocenters. The van der Waals surface area contributed by atoms with Gasteiger partial charge in [-0.25, -0.2) is 9.78 Å². The van der Waals surface area contributed by atoms with E-state index in [0.717, 1.165) is 5.56 Å². The fraction of sp³-hybridized carbons (Fsp3) is 0.231. The van der Waals surface area contributed by atoms with Crippen LogP contribution in [0.15, 0.2) is 46.0 Å². The molecule has 3 aromatic rings. The SMILES string of the molecule is Cc1cc(/C=C/C#N)cc(C(=O)c2c(C(C)C)c(=O)[nH]c(=O)n2Cc2cc(C)nc(C#N)c2)c1. The van der Waals surface area contributed by atoms with Crippen molar-refractivity contribution in [1.82, 2.24) is 14.5 Å². The van der Waals surface area contributed by atoms with Crippen LogP contribution in [0.25, 0.3) is 6.08 Å². The Balaban J connectivity index is 2.28. The molecular weight excluding hydrogens is 430 g/mol. The predicted octanol–water partition coefficient (Wildman–Crippen LogP) is 3.36. The Morgan fingerprint density at radius 1 is 1.15 bits per heavy atom. The Morgan fingerprint density at radius 2 is 1.88 bits per heavy atom. The second-order valence-electron chi connectivity index (χ2n) is 8.30. The molecular formula is C26H23N5O3. The third-order valence-corrected chi connectivity index (χ3v) is 5.21. The van der Waals surface area contributed by atoms with E-state index >= 15 is 0 Å². The number of carbonyl (C=O) groups excluding carboxylic acids is 1. The quantitative estimate of drug-likeness (QED) is 0.449. The van der Waals surface area contributed by atoms with Crippen molar-refractivity contribution in [2.75, 3.05) is 0 Å². The highest BCUT2D eigenvalue weighted by Crippen LogP contribution is 2.21. The number of hydrogen-bond acceptors (Lipinski definition) is 6. The van der Waals surface area contributed by atoms with E-state index < -0.39 is 17.0 Å². The Labute approximate surface area is 196 Å². The summed E-state index contributed by atoms with van der Waals surface area (Å²) in [7, 11) is 0. The maximum absolute atomic E-state index is 13.8. The number of ketones is 1. The van der Waals surface area contributed by atoms with E-state index in [1.807, 2.05) is 25.1 Å². The van der Waals surface area contributed by atoms with Gasteiger partial charge in [-0.15, -0.1) is 0 Å². The van der Waals surface area contributed by atoms with E-state index in [1.54, 1.807) is 51.1 Å². The first-order chi connectivity index (χ1) is 16.1. The summed E-state index contributed by atoms with van der Waals surface area (Å²) in [4.78, 5) is 45.9. The van der Waals surface area contributed by atoms with Crippen molar-refractivity contribution in [3.63, 3.8) is 0 Å². The average molecular weight is 454 g/mol. The molecule has 0 saturated carbocycles. The Kier molecular flexibility index (Phi) is 7.04. The van der Waals surface area contributed by atoms with Crippen LogP contribution in [0.1, 0.15) is 69.5 Å². The number of rotatable bonds is 6. The number of benzene rings is 1. The van der Waals surface area contributed by atoms with Gasteiger partial charge in [-0.05, 0) is 66.8 Å². The number of allylic oxidation sites excluding steroid dienone is 1. The fourth-order valence-corrected chi connectivity index (χ4v) is 3.90. The Bertz CT molecular complexity index is 1510. The van der Waals surface area contributed by atoms with Crippen LogP contribution in [0.4, 0.5) is 0 Å². The summed E-state index contributed by atoms with van der Waals surface area (Å²) < 4.78 is 1.24. The third kappa shape index (κ3) is 5.08. The van der Waals surface area contributed by atoms with Gasteiger partial charge in [0, 0.05) is 22.9 Å². The molecule has 0 aliphatic carbocycles. The second kappa shape index (κ2) is 9.93. The highest BCUT2D eigenvalue weighted by molar-refractivity contribution is 6.09. The summed E-state index contributed by atoms with van der Waals surface area (Å²) in [5.74, 6) is -0.820. The molecule has 8 nitrogen and oxygen atoms in total. The number of nitrogens with zero attached hydrogens (tertiary/aromatic N) is 4. The van der Waals surface area contributed by atoms with Gasteiger partial charge in [0.2, 0.25) is 5.78 Å². The van der Waals surface area contributed by atoms with Gasteiger partial charge in [0.25, 0.3) is 5.56 Å². The number of aromatic amines is 1. The zero-order chi connectivity index (χ0) is 25.0. The number of hydrogen-bond donors (Lipinski definition) is 1. The number of aromatic nitrogens is 3. The molecule has 8 heteroatoms. The van der Waals surface area contributed by atoms with Gasteiger partial charge < -0.3 is 0 Å². The van der Waals surface area contributed by atoms with Gasteiger partial charge >= 0.3 is 5.69 Å². The summed E-state index contributed by atoms with van der Waals surface area (Å²) in [5, 5.41) is 18.1. The molecule has 0 fully saturated rings. The number of aryl methyl sites for hydroxylation is 2. The van der Waals surface area contributed by atoms with Crippen molar-refractivity contribution in [3.8, 4) is 12.1 Å². The summed E-state index contributed by atoms with van der Waals surface area (Å²) in [6.45, 7) is 7.07. The Morgan fingerprint density at radius 3 is 2.53 bits per heavy atom. The maximum atomic E-state index is 13.8. The van der Waals surface area contributed by atoms with E-state index in [-0.39, 0.29) is 29.4 Å². The highest BCUT2D eigenvalue weighted by atomic mass is 16.2. The molecule has 0 saturated heterocycles. The van der Waals surface area contributed by atoms with E-state index in [2.05, 4.69) is 9.97 Å². The lowest BCUT2D eigenvalue weighted by atomic mass is 9.95. The predicted molar refractivity (Wildman–Crippen MR) is 127 cm³/mol. The van der Waals surface area contributed by atoms with Gasteiger partial charge in [0.15, 0.2) is 0 Å². The lowest BCUT2D eigenvalue weighted by molar-refractivity contribution is 0.102. The molecule has 170 valence electrons. The summed E-state index contributed by atoms with van der Waals surface area (Å²) in [6.07, 6.45) is 2.89. The molecule has 0 unspecified atom stereocenters. The normalized spacial score (nSPS) is 10.9. The van der Waals surface area contributed by atoms with E-state index in [9.17, 15) is 19.6 Å². The van der Waals surface area contributed by atoms with Crippen molar-refractivity contribution < 1.29 is 4.79 Å². The maximum Gasteiger partial charge on any atom is 0.329 e. The fourth-order valence-electron chi connectivity index (χ4n) is 3.90. The van der Waals surface area contributed by atoms with Crippen molar-refractivity contribution in [2.24, 2.45) is 0 Å². The summed E-state index contributed by atoms with van der Waals surface area (Å²) in [5.41, 5.74) is 1.99. The minimum absolute atomic E-state index is 0.00228. The molecule has 0 aliphatic rings. The lowest BCUT2D eigenvalue weighted by Gasteiger charge is -2.18. The third-order valence-electron chi connectivity index (χ3n) is 5.21. The lowest BCUT2D eigenvalue weighted by Crippen LogP contribution is -2.38. The number of nitrogens with one attached hydrogen (secondary N) is 1. The molecule has 3 rings (SSSR count). The van der Waals surface area contributed by atoms with Gasteiger partial charge in [0.05, 0.1) is 12.6 Å². The van der Waals surface area contributed by atoms with Crippen molar-refractivity contribution in [1.29, 1.82) is 10.5 Å². The molecule has 0 spiro atoms. The number of H-pyrrole nitrogens is 1. The molecule has 0 amide bonds. The summed E-state index contributed by atoms with van der Waals surface area (Å²) >= 11 is 0. The van der Waals surface area contributed by atoms with Crippen LogP contribution >= 0.6 is 0 Å². The Hall–Kier alpha value is -4.56. The molecule has 0 radical (unpaired) electrons.